The molecule has 1 aromatic carbocycles. The van der Waals surface area contributed by atoms with Crippen LogP contribution < -0.4 is 15.2 Å². The van der Waals surface area contributed by atoms with Crippen LogP contribution in [-0.2, 0) is 7.05 Å². The van der Waals surface area contributed by atoms with Gasteiger partial charge in [-0.05, 0) is 24.6 Å². The lowest BCUT2D eigenvalue weighted by Gasteiger charge is -2.19. The van der Waals surface area contributed by atoms with Gasteiger partial charge >= 0.3 is 0 Å². The summed E-state index contributed by atoms with van der Waals surface area (Å²) >= 11 is 0. The Balaban J connectivity index is 1.48. The van der Waals surface area contributed by atoms with Crippen LogP contribution >= 0.6 is 0 Å². The first kappa shape index (κ1) is 18.2. The van der Waals surface area contributed by atoms with Crippen molar-refractivity contribution in [3.8, 4) is 17.3 Å². The van der Waals surface area contributed by atoms with E-state index in [4.69, 9.17) is 4.74 Å². The Morgan fingerprint density at radius 3 is 2.86 bits per heavy atom. The highest BCUT2D eigenvalue weighted by molar-refractivity contribution is 5.58. The Morgan fingerprint density at radius 2 is 2.07 bits per heavy atom. The summed E-state index contributed by atoms with van der Waals surface area (Å²) in [5, 5.41) is 0. The van der Waals surface area contributed by atoms with Gasteiger partial charge in [0.15, 0.2) is 5.82 Å². The van der Waals surface area contributed by atoms with Gasteiger partial charge in [0.05, 0.1) is 18.5 Å². The van der Waals surface area contributed by atoms with E-state index in [1.807, 2.05) is 18.2 Å². The number of aromatic nitrogens is 3. The fourth-order valence-electron chi connectivity index (χ4n) is 3.40. The zero-order valence-corrected chi connectivity index (χ0v) is 15.6. The molecule has 0 N–H and O–H groups in total. The van der Waals surface area contributed by atoms with E-state index in [0.29, 0.717) is 12.5 Å². The molecule has 1 fully saturated rings. The monoisotopic (exact) mass is 380 g/mol. The van der Waals surface area contributed by atoms with Gasteiger partial charge in [0.2, 0.25) is 0 Å². The van der Waals surface area contributed by atoms with E-state index in [1.165, 1.54) is 28.6 Å². The fourth-order valence-corrected chi connectivity index (χ4v) is 3.40. The van der Waals surface area contributed by atoms with Crippen molar-refractivity contribution in [2.45, 2.75) is 6.42 Å². The van der Waals surface area contributed by atoms with Gasteiger partial charge in [-0.1, -0.05) is 18.2 Å². The van der Waals surface area contributed by atoms with E-state index in [-0.39, 0.29) is 22.8 Å². The van der Waals surface area contributed by atoms with E-state index >= 15 is 0 Å². The summed E-state index contributed by atoms with van der Waals surface area (Å²) in [6, 6.07) is 13.3. The number of ether oxygens (including phenoxy) is 1. The molecule has 1 saturated heterocycles. The molecule has 2 aromatic heterocycles. The molecule has 6 nitrogen and oxygen atoms in total. The summed E-state index contributed by atoms with van der Waals surface area (Å²) in [6.07, 6.45) is 3.57. The maximum atomic E-state index is 14.0. The molecular formula is C21H21FN4O2. The van der Waals surface area contributed by atoms with Crippen molar-refractivity contribution in [1.29, 1.82) is 0 Å². The average molecular weight is 380 g/mol. The minimum absolute atomic E-state index is 0.192. The Labute approximate surface area is 162 Å². The van der Waals surface area contributed by atoms with Gasteiger partial charge < -0.3 is 9.64 Å². The average Bonchev–Trinajstić information content (AvgIpc) is 3.19. The molecule has 3 heterocycles. The summed E-state index contributed by atoms with van der Waals surface area (Å²) in [4.78, 5) is 22.7. The van der Waals surface area contributed by atoms with Crippen molar-refractivity contribution in [3.63, 3.8) is 0 Å². The van der Waals surface area contributed by atoms with E-state index in [1.54, 1.807) is 7.05 Å². The molecule has 0 aliphatic carbocycles. The molecule has 0 unspecified atom stereocenters. The van der Waals surface area contributed by atoms with Gasteiger partial charge in [0, 0.05) is 49.6 Å². The highest BCUT2D eigenvalue weighted by Crippen LogP contribution is 2.25. The van der Waals surface area contributed by atoms with Crippen LogP contribution in [0.1, 0.15) is 6.42 Å². The van der Waals surface area contributed by atoms with E-state index in [9.17, 15) is 9.18 Å². The van der Waals surface area contributed by atoms with Gasteiger partial charge in [-0.2, -0.15) is 4.98 Å². The molecule has 0 saturated carbocycles. The number of nitrogens with zero attached hydrogens (tertiary/aromatic N) is 4. The first-order valence-corrected chi connectivity index (χ1v) is 9.22. The van der Waals surface area contributed by atoms with E-state index < -0.39 is 5.82 Å². The predicted octanol–water partition coefficient (Wildman–Crippen LogP) is 2.89. The number of halogens is 1. The zero-order valence-electron chi connectivity index (χ0n) is 15.6. The van der Waals surface area contributed by atoms with Gasteiger partial charge in [-0.15, -0.1) is 0 Å². The summed E-state index contributed by atoms with van der Waals surface area (Å²) in [6.45, 7) is 2.30. The van der Waals surface area contributed by atoms with Crippen molar-refractivity contribution in [2.75, 3.05) is 24.6 Å². The molecule has 1 aliphatic heterocycles. The van der Waals surface area contributed by atoms with Crippen molar-refractivity contribution in [3.05, 3.63) is 71.0 Å². The molecular weight excluding hydrogens is 359 g/mol. The number of pyridine rings is 1. The number of hydrogen-bond acceptors (Lipinski definition) is 5. The molecule has 4 rings (SSSR count). The molecule has 0 radical (unpaired) electrons. The maximum Gasteiger partial charge on any atom is 0.299 e. The molecule has 0 amide bonds. The summed E-state index contributed by atoms with van der Waals surface area (Å²) in [5.74, 6) is -0.193. The minimum Gasteiger partial charge on any atom is -0.464 e. The lowest BCUT2D eigenvalue weighted by Crippen LogP contribution is -2.24. The summed E-state index contributed by atoms with van der Waals surface area (Å²) in [5.41, 5.74) is 1.38. The van der Waals surface area contributed by atoms with Crippen LogP contribution in [0.15, 0.2) is 59.7 Å². The van der Waals surface area contributed by atoms with Crippen molar-refractivity contribution in [1.82, 2.24) is 14.5 Å². The van der Waals surface area contributed by atoms with E-state index in [2.05, 4.69) is 27.0 Å². The van der Waals surface area contributed by atoms with Crippen molar-refractivity contribution in [2.24, 2.45) is 13.0 Å². The molecule has 28 heavy (non-hydrogen) atoms. The number of hydrogen-bond donors (Lipinski definition) is 0. The third kappa shape index (κ3) is 3.74. The fraction of sp³-hybridized carbons (Fsp3) is 0.286. The molecule has 144 valence electrons. The zero-order chi connectivity index (χ0) is 19.5. The van der Waals surface area contributed by atoms with Crippen molar-refractivity contribution < 1.29 is 9.13 Å². The van der Waals surface area contributed by atoms with Crippen LogP contribution in [0.3, 0.4) is 0 Å². The standard InChI is InChI=1S/C21H21FN4O2/c1-25-20(27)11-19(17-7-9-23-12-18(17)22)24-21(25)28-14-15-8-10-26(13-15)16-5-3-2-4-6-16/h2-7,9,11-12,15H,8,10,13-14H2,1H3/t15-/m1/s1. The summed E-state index contributed by atoms with van der Waals surface area (Å²) < 4.78 is 21.2. The van der Waals surface area contributed by atoms with Gasteiger partial charge in [0.25, 0.3) is 11.6 Å². The second kappa shape index (κ2) is 7.80. The number of anilines is 1. The van der Waals surface area contributed by atoms with Gasteiger partial charge in [0.1, 0.15) is 0 Å². The highest BCUT2D eigenvalue weighted by Gasteiger charge is 2.24. The second-order valence-electron chi connectivity index (χ2n) is 6.92. The van der Waals surface area contributed by atoms with Crippen LogP contribution in [0.5, 0.6) is 6.01 Å². The molecule has 0 bridgehead atoms. The number of para-hydroxylation sites is 1. The smallest absolute Gasteiger partial charge is 0.299 e. The lowest BCUT2D eigenvalue weighted by molar-refractivity contribution is 0.231. The third-order valence-electron chi connectivity index (χ3n) is 5.00. The number of benzene rings is 1. The Hall–Kier alpha value is -3.22. The highest BCUT2D eigenvalue weighted by atomic mass is 19.1. The lowest BCUT2D eigenvalue weighted by atomic mass is 10.1. The largest absolute Gasteiger partial charge is 0.464 e. The maximum absolute atomic E-state index is 14.0. The third-order valence-corrected chi connectivity index (χ3v) is 5.00. The van der Waals surface area contributed by atoms with Crippen LogP contribution in [0.4, 0.5) is 10.1 Å². The normalized spacial score (nSPS) is 16.4. The Kier molecular flexibility index (Phi) is 5.06. The van der Waals surface area contributed by atoms with Gasteiger partial charge in [-0.25, -0.2) is 4.39 Å². The molecule has 7 heteroatoms. The summed E-state index contributed by atoms with van der Waals surface area (Å²) in [7, 11) is 1.60. The van der Waals surface area contributed by atoms with Crippen LogP contribution in [0.2, 0.25) is 0 Å². The minimum atomic E-state index is -0.525. The molecule has 3 aromatic rings. The van der Waals surface area contributed by atoms with Crippen molar-refractivity contribution >= 4 is 5.69 Å². The predicted molar refractivity (Wildman–Crippen MR) is 105 cm³/mol. The SMILES string of the molecule is Cn1c(OC[C@@H]2CCN(c3ccccc3)C2)nc(-c2ccncc2F)cc1=O. The second-order valence-corrected chi connectivity index (χ2v) is 6.92. The van der Waals surface area contributed by atoms with Crippen LogP contribution in [0, 0.1) is 11.7 Å². The number of rotatable bonds is 5. The molecule has 0 spiro atoms. The molecule has 1 aliphatic rings. The quantitative estimate of drug-likeness (QED) is 0.681. The van der Waals surface area contributed by atoms with Crippen LogP contribution in [0.25, 0.3) is 11.3 Å². The van der Waals surface area contributed by atoms with Crippen LogP contribution in [-0.4, -0.2) is 34.2 Å². The first-order chi connectivity index (χ1) is 13.6. The Bertz CT molecular complexity index is 1020. The van der Waals surface area contributed by atoms with E-state index in [0.717, 1.165) is 25.7 Å². The Morgan fingerprint density at radius 1 is 1.25 bits per heavy atom. The van der Waals surface area contributed by atoms with Gasteiger partial charge in [-0.3, -0.25) is 14.3 Å². The molecule has 1 atom stereocenters. The first-order valence-electron chi connectivity index (χ1n) is 9.22. The topological polar surface area (TPSA) is 60.2 Å².